The predicted octanol–water partition coefficient (Wildman–Crippen LogP) is 2.20. The predicted molar refractivity (Wildman–Crippen MR) is 131 cm³/mol. The smallest absolute Gasteiger partial charge is 0.317 e. The molecule has 0 bridgehead atoms. The van der Waals surface area contributed by atoms with Crippen molar-refractivity contribution in [2.24, 2.45) is 11.8 Å². The van der Waals surface area contributed by atoms with Gasteiger partial charge in [-0.15, -0.1) is 0 Å². The topological polar surface area (TPSA) is 117 Å². The number of carbonyl (C=O) groups excluding carboxylic acids is 2. The minimum Gasteiger partial charge on any atom is -0.490 e. The van der Waals surface area contributed by atoms with E-state index in [0.29, 0.717) is 56.7 Å². The van der Waals surface area contributed by atoms with E-state index in [0.717, 1.165) is 25.8 Å². The molecule has 0 spiro atoms. The molecule has 2 unspecified atom stereocenters. The first-order valence-electron chi connectivity index (χ1n) is 12.4. The molecule has 2 atom stereocenters. The number of nitrogens with zero attached hydrogens (tertiary/aromatic N) is 1. The van der Waals surface area contributed by atoms with Crippen LogP contribution < -0.4 is 20.1 Å². The number of urea groups is 1. The van der Waals surface area contributed by atoms with E-state index in [4.69, 9.17) is 4.74 Å². The summed E-state index contributed by atoms with van der Waals surface area (Å²) < 4.78 is 48.7. The summed E-state index contributed by atoms with van der Waals surface area (Å²) in [7, 11) is -2.10. The van der Waals surface area contributed by atoms with Crippen LogP contribution in [0.15, 0.2) is 18.2 Å². The second-order valence-corrected chi connectivity index (χ2v) is 11.2. The van der Waals surface area contributed by atoms with Gasteiger partial charge in [0.15, 0.2) is 11.6 Å². The summed E-state index contributed by atoms with van der Waals surface area (Å²) in [4.78, 5) is 23.9. The van der Waals surface area contributed by atoms with Gasteiger partial charge in [-0.25, -0.2) is 22.3 Å². The molecule has 1 aliphatic heterocycles. The van der Waals surface area contributed by atoms with Crippen LogP contribution in [0.25, 0.3) is 0 Å². The number of aldehydes is 1. The monoisotopic (exact) mass is 512 g/mol. The minimum absolute atomic E-state index is 0.000655. The summed E-state index contributed by atoms with van der Waals surface area (Å²) in [5.74, 6) is 0.203. The SMILES string of the molecule is CNC(=O)N(CC=O)CCCCCS(=O)(=O)NC(c1ccc(F)c(OCC2CC2)c1)C1CCNC1. The number of unbranched alkanes of at least 4 members (excludes halogenated alkanes) is 2. The van der Waals surface area contributed by atoms with Crippen molar-refractivity contribution in [3.8, 4) is 5.75 Å². The highest BCUT2D eigenvalue weighted by molar-refractivity contribution is 7.89. The lowest BCUT2D eigenvalue weighted by atomic mass is 9.93. The van der Waals surface area contributed by atoms with Gasteiger partial charge in [0.25, 0.3) is 0 Å². The molecule has 2 fully saturated rings. The van der Waals surface area contributed by atoms with Crippen LogP contribution in [0.2, 0.25) is 0 Å². The summed E-state index contributed by atoms with van der Waals surface area (Å²) >= 11 is 0. The van der Waals surface area contributed by atoms with Crippen LogP contribution in [0.5, 0.6) is 5.75 Å². The molecule has 196 valence electrons. The molecule has 0 radical (unpaired) electrons. The third-order valence-electron chi connectivity index (χ3n) is 6.50. The van der Waals surface area contributed by atoms with E-state index < -0.39 is 21.9 Å². The molecule has 2 aliphatic rings. The molecular weight excluding hydrogens is 475 g/mol. The van der Waals surface area contributed by atoms with Crippen LogP contribution in [-0.2, 0) is 14.8 Å². The summed E-state index contributed by atoms with van der Waals surface area (Å²) in [6.45, 7) is 2.33. The summed E-state index contributed by atoms with van der Waals surface area (Å²) in [5.41, 5.74) is 0.699. The Kier molecular flexibility index (Phi) is 10.3. The van der Waals surface area contributed by atoms with Crippen LogP contribution in [0.4, 0.5) is 9.18 Å². The number of nitrogens with one attached hydrogen (secondary N) is 3. The van der Waals surface area contributed by atoms with Crippen molar-refractivity contribution in [1.29, 1.82) is 0 Å². The Morgan fingerprint density at radius 1 is 1.29 bits per heavy atom. The molecule has 35 heavy (non-hydrogen) atoms. The Balaban J connectivity index is 1.58. The Bertz CT molecular complexity index is 951. The van der Waals surface area contributed by atoms with Crippen LogP contribution >= 0.6 is 0 Å². The first-order chi connectivity index (χ1) is 16.8. The third-order valence-corrected chi connectivity index (χ3v) is 7.94. The van der Waals surface area contributed by atoms with Crippen molar-refractivity contribution in [3.63, 3.8) is 0 Å². The zero-order chi connectivity index (χ0) is 25.3. The van der Waals surface area contributed by atoms with E-state index in [2.05, 4.69) is 15.4 Å². The Labute approximate surface area is 207 Å². The minimum atomic E-state index is -3.60. The van der Waals surface area contributed by atoms with Gasteiger partial charge >= 0.3 is 6.03 Å². The average Bonchev–Trinajstić information content (AvgIpc) is 3.51. The Morgan fingerprint density at radius 3 is 2.74 bits per heavy atom. The second kappa shape index (κ2) is 13.2. The number of hydrogen-bond acceptors (Lipinski definition) is 6. The molecule has 1 heterocycles. The number of amides is 2. The zero-order valence-electron chi connectivity index (χ0n) is 20.3. The van der Waals surface area contributed by atoms with Gasteiger partial charge < -0.3 is 25.1 Å². The van der Waals surface area contributed by atoms with Gasteiger partial charge in [-0.1, -0.05) is 12.5 Å². The highest BCUT2D eigenvalue weighted by atomic mass is 32.2. The molecular formula is C24H37FN4O5S. The van der Waals surface area contributed by atoms with Gasteiger partial charge in [-0.05, 0) is 74.7 Å². The summed E-state index contributed by atoms with van der Waals surface area (Å²) in [6, 6.07) is 3.79. The first kappa shape index (κ1) is 27.3. The fraction of sp³-hybridized carbons (Fsp3) is 0.667. The molecule has 11 heteroatoms. The largest absolute Gasteiger partial charge is 0.490 e. The van der Waals surface area contributed by atoms with Gasteiger partial charge in [-0.2, -0.15) is 0 Å². The van der Waals surface area contributed by atoms with Crippen molar-refractivity contribution in [2.45, 2.75) is 44.6 Å². The quantitative estimate of drug-likeness (QED) is 0.245. The van der Waals surface area contributed by atoms with Crippen molar-refractivity contribution < 1.29 is 27.1 Å². The molecule has 1 saturated carbocycles. The summed E-state index contributed by atoms with van der Waals surface area (Å²) in [6.07, 6.45) is 5.28. The average molecular weight is 513 g/mol. The number of benzene rings is 1. The summed E-state index contributed by atoms with van der Waals surface area (Å²) in [5, 5.41) is 5.76. The van der Waals surface area contributed by atoms with Gasteiger partial charge in [0.05, 0.1) is 24.9 Å². The van der Waals surface area contributed by atoms with E-state index in [9.17, 15) is 22.4 Å². The molecule has 1 aliphatic carbocycles. The number of halogens is 1. The fourth-order valence-electron chi connectivity index (χ4n) is 4.26. The van der Waals surface area contributed by atoms with Gasteiger partial charge in [0.1, 0.15) is 6.29 Å². The molecule has 0 aromatic heterocycles. The second-order valence-electron chi connectivity index (χ2n) is 9.34. The van der Waals surface area contributed by atoms with E-state index in [1.165, 1.54) is 18.0 Å². The lowest BCUT2D eigenvalue weighted by Gasteiger charge is -2.25. The van der Waals surface area contributed by atoms with Crippen molar-refractivity contribution >= 4 is 22.3 Å². The third kappa shape index (κ3) is 8.73. The lowest BCUT2D eigenvalue weighted by molar-refractivity contribution is -0.108. The molecule has 1 aromatic rings. The van der Waals surface area contributed by atoms with Crippen LogP contribution in [0.3, 0.4) is 0 Å². The molecule has 3 rings (SSSR count). The highest BCUT2D eigenvalue weighted by Gasteiger charge is 2.31. The zero-order valence-corrected chi connectivity index (χ0v) is 21.1. The maximum Gasteiger partial charge on any atom is 0.317 e. The van der Waals surface area contributed by atoms with E-state index in [1.54, 1.807) is 12.1 Å². The van der Waals surface area contributed by atoms with E-state index >= 15 is 0 Å². The van der Waals surface area contributed by atoms with Crippen LogP contribution in [0.1, 0.15) is 50.1 Å². The molecule has 9 nitrogen and oxygen atoms in total. The fourth-order valence-corrected chi connectivity index (χ4v) is 5.68. The van der Waals surface area contributed by atoms with E-state index in [1.807, 2.05) is 0 Å². The van der Waals surface area contributed by atoms with Gasteiger partial charge in [0, 0.05) is 13.6 Å². The number of rotatable bonds is 15. The van der Waals surface area contributed by atoms with Crippen molar-refractivity contribution in [2.75, 3.05) is 45.6 Å². The molecule has 2 amide bonds. The van der Waals surface area contributed by atoms with Gasteiger partial charge in [-0.3, -0.25) is 0 Å². The normalized spacial score (nSPS) is 18.7. The van der Waals surface area contributed by atoms with Crippen molar-refractivity contribution in [3.05, 3.63) is 29.6 Å². The number of ether oxygens (including phenoxy) is 1. The molecule has 1 saturated heterocycles. The number of hydrogen-bond donors (Lipinski definition) is 3. The number of carbonyl (C=O) groups is 2. The lowest BCUT2D eigenvalue weighted by Crippen LogP contribution is -2.39. The Morgan fingerprint density at radius 2 is 2.09 bits per heavy atom. The standard InChI is InChI=1S/C24H37FN4O5S/c1-26-24(31)29(12-13-30)11-3-2-4-14-35(32,33)28-23(20-9-10-27-16-20)19-7-8-21(25)22(15-19)34-17-18-5-6-18/h7-8,13,15,18,20,23,27-28H,2-6,9-12,14,16-17H2,1H3,(H,26,31). The Hall–Kier alpha value is -2.24. The van der Waals surface area contributed by atoms with Gasteiger partial charge in [0.2, 0.25) is 10.0 Å². The van der Waals surface area contributed by atoms with Crippen LogP contribution in [-0.4, -0.2) is 71.2 Å². The maximum absolute atomic E-state index is 14.3. The van der Waals surface area contributed by atoms with Crippen molar-refractivity contribution in [1.82, 2.24) is 20.3 Å². The maximum atomic E-state index is 14.3. The highest BCUT2D eigenvalue weighted by Crippen LogP contribution is 2.33. The first-order valence-corrected chi connectivity index (χ1v) is 14.0. The van der Waals surface area contributed by atoms with E-state index in [-0.39, 0.29) is 30.0 Å². The van der Waals surface area contributed by atoms with Crippen LogP contribution in [0, 0.1) is 17.7 Å². The molecule has 3 N–H and O–H groups in total. The molecule has 1 aromatic carbocycles. The number of sulfonamides is 1.